The number of carbonyl (C=O) groups excluding carboxylic acids is 1. The molecular weight excluding hydrogens is 537 g/mol. The third kappa shape index (κ3) is 5.96. The maximum Gasteiger partial charge on any atom is 0.257 e. The third-order valence-electron chi connectivity index (χ3n) is 5.42. The number of thiazole rings is 1. The number of hydrogen-bond acceptors (Lipinski definition) is 5. The zero-order chi connectivity index (χ0) is 25.9. The van der Waals surface area contributed by atoms with Crippen LogP contribution in [0.3, 0.4) is 0 Å². The molecule has 0 aliphatic heterocycles. The summed E-state index contributed by atoms with van der Waals surface area (Å²) in [7, 11) is -3.76. The molecule has 0 aliphatic rings. The van der Waals surface area contributed by atoms with E-state index in [0.717, 1.165) is 11.1 Å². The molecule has 1 aromatic heterocycles. The first-order chi connectivity index (χ1) is 17.1. The minimum absolute atomic E-state index is 0.125. The lowest BCUT2D eigenvalue weighted by atomic mass is 10.2. The van der Waals surface area contributed by atoms with E-state index < -0.39 is 10.0 Å². The molecular formula is C26H23Cl2N3O3S2. The molecule has 0 saturated heterocycles. The molecule has 0 radical (unpaired) electrons. The number of rotatable bonds is 8. The van der Waals surface area contributed by atoms with Crippen molar-refractivity contribution in [1.82, 2.24) is 9.29 Å². The molecule has 4 aromatic rings. The standard InChI is InChI=1S/C26H23Cl2N3O3S2/c1-17(2)31(15-18-6-4-3-5-7-18)36(33,34)21-11-8-19(9-12-21)25(32)30-26-29-24(16-35-26)20-10-13-22(27)23(28)14-20/h3-14,16-17H,15H2,1-2H3,(H,29,30,32). The molecule has 0 bridgehead atoms. The van der Waals surface area contributed by atoms with Crippen LogP contribution in [0, 0.1) is 0 Å². The Balaban J connectivity index is 1.48. The maximum absolute atomic E-state index is 13.3. The Bertz CT molecular complexity index is 1470. The monoisotopic (exact) mass is 559 g/mol. The zero-order valence-corrected chi connectivity index (χ0v) is 22.6. The van der Waals surface area contributed by atoms with E-state index in [0.29, 0.717) is 26.4 Å². The SMILES string of the molecule is CC(C)N(Cc1ccccc1)S(=O)(=O)c1ccc(C(=O)Nc2nc(-c3ccc(Cl)c(Cl)c3)cs2)cc1. The third-order valence-corrected chi connectivity index (χ3v) is 8.95. The number of anilines is 1. The summed E-state index contributed by atoms with van der Waals surface area (Å²) >= 11 is 13.3. The molecule has 0 saturated carbocycles. The first-order valence-electron chi connectivity index (χ1n) is 11.0. The number of carbonyl (C=O) groups is 1. The highest BCUT2D eigenvalue weighted by Gasteiger charge is 2.27. The number of benzene rings is 3. The number of hydrogen-bond donors (Lipinski definition) is 1. The second-order valence-electron chi connectivity index (χ2n) is 8.27. The van der Waals surface area contributed by atoms with Crippen molar-refractivity contribution >= 4 is 55.6 Å². The fourth-order valence-electron chi connectivity index (χ4n) is 3.51. The van der Waals surface area contributed by atoms with Gasteiger partial charge in [0.25, 0.3) is 5.91 Å². The van der Waals surface area contributed by atoms with Gasteiger partial charge in [0.2, 0.25) is 10.0 Å². The van der Waals surface area contributed by atoms with Gasteiger partial charge in [-0.3, -0.25) is 10.1 Å². The van der Waals surface area contributed by atoms with Crippen LogP contribution in [0.5, 0.6) is 0 Å². The number of sulfonamides is 1. The highest BCUT2D eigenvalue weighted by Crippen LogP contribution is 2.30. The van der Waals surface area contributed by atoms with Gasteiger partial charge in [-0.05, 0) is 55.8 Å². The molecule has 0 fully saturated rings. The number of aromatic nitrogens is 1. The van der Waals surface area contributed by atoms with Crippen molar-refractivity contribution in [2.75, 3.05) is 5.32 Å². The van der Waals surface area contributed by atoms with Crippen molar-refractivity contribution in [2.45, 2.75) is 31.3 Å². The average Bonchev–Trinajstić information content (AvgIpc) is 3.33. The van der Waals surface area contributed by atoms with Gasteiger partial charge in [-0.25, -0.2) is 13.4 Å². The Morgan fingerprint density at radius 2 is 1.69 bits per heavy atom. The fraction of sp³-hybridized carbons (Fsp3) is 0.154. The van der Waals surface area contributed by atoms with E-state index in [1.807, 2.05) is 44.2 Å². The van der Waals surface area contributed by atoms with Crippen LogP contribution in [-0.2, 0) is 16.6 Å². The molecule has 1 amide bonds. The van der Waals surface area contributed by atoms with Crippen molar-refractivity contribution in [3.63, 3.8) is 0 Å². The molecule has 4 rings (SSSR count). The molecule has 0 spiro atoms. The summed E-state index contributed by atoms with van der Waals surface area (Å²) in [6.07, 6.45) is 0. The summed E-state index contributed by atoms with van der Waals surface area (Å²) in [6, 6.07) is 20.3. The van der Waals surface area contributed by atoms with E-state index in [1.165, 1.54) is 39.9 Å². The van der Waals surface area contributed by atoms with Gasteiger partial charge in [0, 0.05) is 29.1 Å². The Kier molecular flexibility index (Phi) is 8.12. The van der Waals surface area contributed by atoms with Crippen LogP contribution in [0.1, 0.15) is 29.8 Å². The largest absolute Gasteiger partial charge is 0.298 e. The molecule has 1 heterocycles. The van der Waals surface area contributed by atoms with Crippen LogP contribution in [0.25, 0.3) is 11.3 Å². The van der Waals surface area contributed by atoms with Crippen LogP contribution in [0.4, 0.5) is 5.13 Å². The van der Waals surface area contributed by atoms with Crippen LogP contribution in [-0.4, -0.2) is 29.7 Å². The summed E-state index contributed by atoms with van der Waals surface area (Å²) < 4.78 is 28.1. The smallest absolute Gasteiger partial charge is 0.257 e. The lowest BCUT2D eigenvalue weighted by Gasteiger charge is -2.26. The lowest BCUT2D eigenvalue weighted by Crippen LogP contribution is -2.36. The van der Waals surface area contributed by atoms with Crippen LogP contribution in [0.15, 0.2) is 83.1 Å². The first kappa shape index (κ1) is 26.3. The summed E-state index contributed by atoms with van der Waals surface area (Å²) in [6.45, 7) is 3.93. The fourth-order valence-corrected chi connectivity index (χ4v) is 6.15. The molecule has 0 aliphatic carbocycles. The molecule has 36 heavy (non-hydrogen) atoms. The minimum atomic E-state index is -3.76. The number of nitrogens with zero attached hydrogens (tertiary/aromatic N) is 2. The van der Waals surface area contributed by atoms with Crippen LogP contribution in [0.2, 0.25) is 10.0 Å². The first-order valence-corrected chi connectivity index (χ1v) is 14.1. The summed E-state index contributed by atoms with van der Waals surface area (Å²) in [4.78, 5) is 17.3. The van der Waals surface area contributed by atoms with Gasteiger partial charge in [-0.15, -0.1) is 11.3 Å². The van der Waals surface area contributed by atoms with E-state index in [1.54, 1.807) is 23.6 Å². The number of amides is 1. The molecule has 1 N–H and O–H groups in total. The van der Waals surface area contributed by atoms with Crippen LogP contribution < -0.4 is 5.32 Å². The molecule has 0 atom stereocenters. The van der Waals surface area contributed by atoms with Gasteiger partial charge in [-0.1, -0.05) is 59.6 Å². The number of halogens is 2. The quantitative estimate of drug-likeness (QED) is 0.253. The van der Waals surface area contributed by atoms with Crippen LogP contribution >= 0.6 is 34.5 Å². The van der Waals surface area contributed by atoms with E-state index in [-0.39, 0.29) is 23.4 Å². The van der Waals surface area contributed by atoms with Gasteiger partial charge >= 0.3 is 0 Å². The van der Waals surface area contributed by atoms with E-state index in [2.05, 4.69) is 10.3 Å². The Morgan fingerprint density at radius 1 is 1.00 bits per heavy atom. The van der Waals surface area contributed by atoms with Crippen molar-refractivity contribution in [1.29, 1.82) is 0 Å². The molecule has 0 unspecified atom stereocenters. The molecule has 10 heteroatoms. The second-order valence-corrected chi connectivity index (χ2v) is 11.8. The topological polar surface area (TPSA) is 79.4 Å². The van der Waals surface area contributed by atoms with Crippen molar-refractivity contribution in [3.05, 3.63) is 99.3 Å². The summed E-state index contributed by atoms with van der Waals surface area (Å²) in [5, 5.41) is 5.84. The Hall–Kier alpha value is -2.75. The minimum Gasteiger partial charge on any atom is -0.298 e. The van der Waals surface area contributed by atoms with Gasteiger partial charge in [-0.2, -0.15) is 4.31 Å². The molecule has 6 nitrogen and oxygen atoms in total. The molecule has 186 valence electrons. The van der Waals surface area contributed by atoms with Gasteiger partial charge in [0.15, 0.2) is 5.13 Å². The van der Waals surface area contributed by atoms with Gasteiger partial charge in [0.05, 0.1) is 20.6 Å². The Labute approximate surface area is 224 Å². The number of nitrogens with one attached hydrogen (secondary N) is 1. The predicted octanol–water partition coefficient (Wildman–Crippen LogP) is 6.97. The van der Waals surface area contributed by atoms with E-state index in [4.69, 9.17) is 23.2 Å². The zero-order valence-electron chi connectivity index (χ0n) is 19.5. The van der Waals surface area contributed by atoms with Crippen molar-refractivity contribution in [2.24, 2.45) is 0 Å². The Morgan fingerprint density at radius 3 is 2.33 bits per heavy atom. The average molecular weight is 561 g/mol. The maximum atomic E-state index is 13.3. The second kappa shape index (κ2) is 11.1. The van der Waals surface area contributed by atoms with Crippen molar-refractivity contribution < 1.29 is 13.2 Å². The van der Waals surface area contributed by atoms with Gasteiger partial charge < -0.3 is 0 Å². The van der Waals surface area contributed by atoms with E-state index in [9.17, 15) is 13.2 Å². The normalized spacial score (nSPS) is 11.7. The predicted molar refractivity (Wildman–Crippen MR) is 146 cm³/mol. The lowest BCUT2D eigenvalue weighted by molar-refractivity contribution is 0.102. The van der Waals surface area contributed by atoms with Crippen molar-refractivity contribution in [3.8, 4) is 11.3 Å². The van der Waals surface area contributed by atoms with E-state index >= 15 is 0 Å². The highest BCUT2D eigenvalue weighted by atomic mass is 35.5. The van der Waals surface area contributed by atoms with Gasteiger partial charge in [0.1, 0.15) is 0 Å². The molecule has 3 aromatic carbocycles. The summed E-state index contributed by atoms with van der Waals surface area (Å²) in [5.41, 5.74) is 2.65. The highest BCUT2D eigenvalue weighted by molar-refractivity contribution is 7.89. The summed E-state index contributed by atoms with van der Waals surface area (Å²) in [5.74, 6) is -0.390.